The van der Waals surface area contributed by atoms with Gasteiger partial charge in [0, 0.05) is 60.8 Å². The Morgan fingerprint density at radius 2 is 1.79 bits per heavy atom. The number of nitrogens with zero attached hydrogens (tertiary/aromatic N) is 3. The van der Waals surface area contributed by atoms with Gasteiger partial charge in [-0.1, -0.05) is 35.5 Å². The summed E-state index contributed by atoms with van der Waals surface area (Å²) in [6.07, 6.45) is 0. The Bertz CT molecular complexity index is 1510. The molecule has 1 amide bonds. The SMILES string of the molecule is CNC(=O)c1cc(-c2c(C)noc2C)cc2c1c1cc(N(C)C)ccc1n2Cc1ccccc1. The van der Waals surface area contributed by atoms with Gasteiger partial charge in [-0.05, 0) is 55.3 Å². The van der Waals surface area contributed by atoms with E-state index in [0.717, 1.165) is 50.1 Å². The van der Waals surface area contributed by atoms with Crippen molar-refractivity contribution in [1.82, 2.24) is 15.0 Å². The summed E-state index contributed by atoms with van der Waals surface area (Å²) in [6.45, 7) is 4.53. The standard InChI is InChI=1S/C28H28N4O2/c1-17-26(18(2)34-30-17)20-13-23(28(33)29-3)27-22-15-21(31(4)5)11-12-24(22)32(25(27)14-20)16-19-9-7-6-8-10-19/h6-15H,16H2,1-5H3,(H,29,33). The lowest BCUT2D eigenvalue weighted by Crippen LogP contribution is -2.18. The molecule has 0 atom stereocenters. The Morgan fingerprint density at radius 1 is 1.03 bits per heavy atom. The van der Waals surface area contributed by atoms with Gasteiger partial charge in [-0.25, -0.2) is 0 Å². The predicted molar refractivity (Wildman–Crippen MR) is 138 cm³/mol. The van der Waals surface area contributed by atoms with Crippen molar-refractivity contribution in [3.8, 4) is 11.1 Å². The summed E-state index contributed by atoms with van der Waals surface area (Å²) in [7, 11) is 5.73. The summed E-state index contributed by atoms with van der Waals surface area (Å²) in [5.74, 6) is 0.618. The monoisotopic (exact) mass is 452 g/mol. The first-order valence-corrected chi connectivity index (χ1v) is 11.4. The highest BCUT2D eigenvalue weighted by molar-refractivity contribution is 6.19. The molecular formula is C28H28N4O2. The molecule has 0 aliphatic heterocycles. The van der Waals surface area contributed by atoms with Crippen LogP contribution in [0, 0.1) is 13.8 Å². The molecule has 2 heterocycles. The molecule has 34 heavy (non-hydrogen) atoms. The molecule has 0 unspecified atom stereocenters. The van der Waals surface area contributed by atoms with Crippen LogP contribution in [0.3, 0.4) is 0 Å². The van der Waals surface area contributed by atoms with Crippen molar-refractivity contribution in [3.63, 3.8) is 0 Å². The van der Waals surface area contributed by atoms with Gasteiger partial charge >= 0.3 is 0 Å². The lowest BCUT2D eigenvalue weighted by atomic mass is 9.97. The maximum absolute atomic E-state index is 13.2. The Morgan fingerprint density at radius 3 is 2.44 bits per heavy atom. The number of amides is 1. The normalized spacial score (nSPS) is 11.3. The van der Waals surface area contributed by atoms with Crippen LogP contribution in [0.2, 0.25) is 0 Å². The van der Waals surface area contributed by atoms with Crippen LogP contribution in [0.15, 0.2) is 65.2 Å². The van der Waals surface area contributed by atoms with Gasteiger partial charge in [0.25, 0.3) is 5.91 Å². The zero-order valence-corrected chi connectivity index (χ0v) is 20.1. The minimum absolute atomic E-state index is 0.118. The molecule has 5 aromatic rings. The first kappa shape index (κ1) is 21.8. The summed E-state index contributed by atoms with van der Waals surface area (Å²) in [5.41, 5.74) is 7.68. The smallest absolute Gasteiger partial charge is 0.251 e. The molecule has 0 saturated heterocycles. The summed E-state index contributed by atoms with van der Waals surface area (Å²) in [6, 6.07) is 21.0. The molecule has 0 spiro atoms. The molecule has 1 N–H and O–H groups in total. The maximum Gasteiger partial charge on any atom is 0.251 e. The van der Waals surface area contributed by atoms with Gasteiger partial charge in [0.1, 0.15) is 5.76 Å². The van der Waals surface area contributed by atoms with E-state index in [9.17, 15) is 4.79 Å². The summed E-state index contributed by atoms with van der Waals surface area (Å²) in [5, 5.41) is 8.99. The lowest BCUT2D eigenvalue weighted by molar-refractivity contribution is 0.0965. The fraction of sp³-hybridized carbons (Fsp3) is 0.214. The number of hydrogen-bond acceptors (Lipinski definition) is 4. The second kappa shape index (κ2) is 8.37. The molecule has 0 aliphatic rings. The molecule has 0 saturated carbocycles. The quantitative estimate of drug-likeness (QED) is 0.380. The van der Waals surface area contributed by atoms with E-state index in [-0.39, 0.29) is 5.91 Å². The predicted octanol–water partition coefficient (Wildman–Crippen LogP) is 5.54. The van der Waals surface area contributed by atoms with Gasteiger partial charge in [0.2, 0.25) is 0 Å². The number of rotatable bonds is 5. The average molecular weight is 453 g/mol. The Labute approximate surface area is 198 Å². The first-order chi connectivity index (χ1) is 16.4. The minimum atomic E-state index is -0.118. The van der Waals surface area contributed by atoms with Crippen LogP contribution >= 0.6 is 0 Å². The van der Waals surface area contributed by atoms with Crippen LogP contribution in [-0.2, 0) is 6.54 Å². The van der Waals surface area contributed by atoms with E-state index in [1.54, 1.807) is 7.05 Å². The molecule has 172 valence electrons. The number of aryl methyl sites for hydroxylation is 2. The van der Waals surface area contributed by atoms with E-state index in [1.165, 1.54) is 5.56 Å². The number of anilines is 1. The first-order valence-electron chi connectivity index (χ1n) is 11.4. The molecule has 0 aliphatic carbocycles. The molecule has 0 radical (unpaired) electrons. The Kier molecular flexibility index (Phi) is 5.36. The summed E-state index contributed by atoms with van der Waals surface area (Å²) >= 11 is 0. The number of carbonyl (C=O) groups is 1. The molecule has 0 bridgehead atoms. The van der Waals surface area contributed by atoms with Crippen LogP contribution in [0.25, 0.3) is 32.9 Å². The highest BCUT2D eigenvalue weighted by Gasteiger charge is 2.22. The minimum Gasteiger partial charge on any atom is -0.378 e. The van der Waals surface area contributed by atoms with E-state index in [2.05, 4.69) is 68.5 Å². The van der Waals surface area contributed by atoms with Crippen LogP contribution in [0.5, 0.6) is 0 Å². The second-order valence-corrected chi connectivity index (χ2v) is 8.86. The number of aromatic nitrogens is 2. The van der Waals surface area contributed by atoms with Crippen molar-refractivity contribution in [2.24, 2.45) is 0 Å². The van der Waals surface area contributed by atoms with E-state index >= 15 is 0 Å². The number of carbonyl (C=O) groups excluding carboxylic acids is 1. The van der Waals surface area contributed by atoms with Crippen molar-refractivity contribution in [1.29, 1.82) is 0 Å². The number of fused-ring (bicyclic) bond motifs is 3. The zero-order valence-electron chi connectivity index (χ0n) is 20.1. The zero-order chi connectivity index (χ0) is 24.0. The summed E-state index contributed by atoms with van der Waals surface area (Å²) in [4.78, 5) is 15.3. The molecular weight excluding hydrogens is 424 g/mol. The van der Waals surface area contributed by atoms with Gasteiger partial charge in [0.15, 0.2) is 0 Å². The molecule has 6 nitrogen and oxygen atoms in total. The lowest BCUT2D eigenvalue weighted by Gasteiger charge is -2.13. The highest BCUT2D eigenvalue weighted by atomic mass is 16.5. The van der Waals surface area contributed by atoms with Crippen molar-refractivity contribution >= 4 is 33.4 Å². The van der Waals surface area contributed by atoms with E-state index in [0.29, 0.717) is 12.1 Å². The summed E-state index contributed by atoms with van der Waals surface area (Å²) < 4.78 is 7.75. The van der Waals surface area contributed by atoms with Crippen molar-refractivity contribution in [2.75, 3.05) is 26.0 Å². The van der Waals surface area contributed by atoms with Crippen molar-refractivity contribution < 1.29 is 9.32 Å². The molecule has 5 rings (SSSR count). The van der Waals surface area contributed by atoms with E-state index in [4.69, 9.17) is 4.52 Å². The van der Waals surface area contributed by atoms with Gasteiger partial charge in [-0.3, -0.25) is 4.79 Å². The van der Waals surface area contributed by atoms with Crippen LogP contribution in [0.1, 0.15) is 27.4 Å². The third kappa shape index (κ3) is 3.52. The Balaban J connectivity index is 1.91. The Hall–Kier alpha value is -4.06. The maximum atomic E-state index is 13.2. The molecule has 6 heteroatoms. The fourth-order valence-corrected chi connectivity index (χ4v) is 4.78. The van der Waals surface area contributed by atoms with E-state index < -0.39 is 0 Å². The van der Waals surface area contributed by atoms with Crippen LogP contribution in [0.4, 0.5) is 5.69 Å². The van der Waals surface area contributed by atoms with Crippen LogP contribution < -0.4 is 10.2 Å². The number of benzene rings is 3. The fourth-order valence-electron chi connectivity index (χ4n) is 4.78. The van der Waals surface area contributed by atoms with Crippen molar-refractivity contribution in [3.05, 3.63) is 83.2 Å². The van der Waals surface area contributed by atoms with Gasteiger partial charge < -0.3 is 19.3 Å². The number of nitrogens with one attached hydrogen (secondary N) is 1. The molecule has 2 aromatic heterocycles. The van der Waals surface area contributed by atoms with Crippen molar-refractivity contribution in [2.45, 2.75) is 20.4 Å². The largest absolute Gasteiger partial charge is 0.378 e. The van der Waals surface area contributed by atoms with E-state index in [1.807, 2.05) is 40.1 Å². The highest BCUT2D eigenvalue weighted by Crippen LogP contribution is 2.38. The topological polar surface area (TPSA) is 63.3 Å². The average Bonchev–Trinajstić information content (AvgIpc) is 3.34. The van der Waals surface area contributed by atoms with Gasteiger partial charge in [-0.15, -0.1) is 0 Å². The second-order valence-electron chi connectivity index (χ2n) is 8.86. The van der Waals surface area contributed by atoms with Gasteiger partial charge in [-0.2, -0.15) is 0 Å². The van der Waals surface area contributed by atoms with Gasteiger partial charge in [0.05, 0.1) is 11.2 Å². The molecule has 3 aromatic carbocycles. The number of hydrogen-bond donors (Lipinski definition) is 1. The molecule has 0 fully saturated rings. The van der Waals surface area contributed by atoms with Crippen LogP contribution in [-0.4, -0.2) is 36.8 Å². The third-order valence-electron chi connectivity index (χ3n) is 6.44. The third-order valence-corrected chi connectivity index (χ3v) is 6.44.